The molecule has 12 heteroatoms. The van der Waals surface area contributed by atoms with Gasteiger partial charge in [0, 0.05) is 63.2 Å². The van der Waals surface area contributed by atoms with E-state index < -0.39 is 18.0 Å². The molecule has 1 aromatic heterocycles. The highest BCUT2D eigenvalue weighted by atomic mass is 19.1. The van der Waals surface area contributed by atoms with Gasteiger partial charge in [-0.3, -0.25) is 14.5 Å². The van der Waals surface area contributed by atoms with Crippen molar-refractivity contribution in [3.05, 3.63) is 107 Å². The van der Waals surface area contributed by atoms with E-state index >= 15 is 0 Å². The van der Waals surface area contributed by atoms with Crippen LogP contribution in [0.4, 0.5) is 10.3 Å². The Kier molecular flexibility index (Phi) is 10.6. The van der Waals surface area contributed by atoms with Crippen LogP contribution in [0.3, 0.4) is 0 Å². The summed E-state index contributed by atoms with van der Waals surface area (Å²) < 4.78 is 32.3. The number of nitrogens with zero attached hydrogens (tertiary/aromatic N) is 3. The van der Waals surface area contributed by atoms with Crippen LogP contribution in [-0.2, 0) is 35.6 Å². The number of hydrogen-bond donors (Lipinski definition) is 3. The minimum atomic E-state index is -0.468. The highest BCUT2D eigenvalue weighted by Gasteiger charge is 2.32. The molecule has 250 valence electrons. The van der Waals surface area contributed by atoms with Crippen LogP contribution in [0.5, 0.6) is 17.2 Å². The van der Waals surface area contributed by atoms with E-state index in [0.29, 0.717) is 67.8 Å². The van der Waals surface area contributed by atoms with E-state index in [0.717, 1.165) is 16.7 Å². The number of methoxy groups -OCH3 is 1. The van der Waals surface area contributed by atoms with Crippen molar-refractivity contribution < 1.29 is 28.2 Å². The van der Waals surface area contributed by atoms with Gasteiger partial charge in [0.1, 0.15) is 17.7 Å². The zero-order valence-corrected chi connectivity index (χ0v) is 26.8. The summed E-state index contributed by atoms with van der Waals surface area (Å²) in [5.74, 6) is 0.807. The number of fused-ring (bicyclic) bond motifs is 5. The number of ether oxygens (including phenoxy) is 3. The van der Waals surface area contributed by atoms with Crippen molar-refractivity contribution in [2.75, 3.05) is 32.1 Å². The lowest BCUT2D eigenvalue weighted by molar-refractivity contribution is -0.125. The van der Waals surface area contributed by atoms with Crippen LogP contribution in [0.15, 0.2) is 79.1 Å². The van der Waals surface area contributed by atoms with Crippen LogP contribution in [0.25, 0.3) is 0 Å². The third kappa shape index (κ3) is 8.97. The minimum absolute atomic E-state index is 0.158. The molecule has 1 fully saturated rings. The van der Waals surface area contributed by atoms with Crippen LogP contribution in [0.1, 0.15) is 35.1 Å². The molecule has 0 aliphatic carbocycles. The quantitative estimate of drug-likeness (QED) is 0.283. The van der Waals surface area contributed by atoms with Gasteiger partial charge < -0.3 is 30.2 Å². The average molecular weight is 655 g/mol. The molecule has 0 unspecified atom stereocenters. The van der Waals surface area contributed by atoms with E-state index in [2.05, 4.69) is 30.8 Å². The molecule has 48 heavy (non-hydrogen) atoms. The van der Waals surface area contributed by atoms with Crippen LogP contribution in [-0.4, -0.2) is 65.6 Å². The lowest BCUT2D eigenvalue weighted by Gasteiger charge is -2.38. The Labute approximate surface area is 278 Å². The van der Waals surface area contributed by atoms with Crippen molar-refractivity contribution in [1.82, 2.24) is 25.5 Å². The van der Waals surface area contributed by atoms with Crippen LogP contribution in [0.2, 0.25) is 0 Å². The summed E-state index contributed by atoms with van der Waals surface area (Å²) in [6.07, 6.45) is 4.41. The number of carbonyl (C=O) groups excluding carboxylic acids is 2. The topological polar surface area (TPSA) is 127 Å². The van der Waals surface area contributed by atoms with Crippen LogP contribution >= 0.6 is 0 Å². The molecule has 2 atom stereocenters. The van der Waals surface area contributed by atoms with Crippen molar-refractivity contribution in [2.45, 2.75) is 51.0 Å². The molecule has 4 bridgehead atoms. The van der Waals surface area contributed by atoms with Gasteiger partial charge in [0.2, 0.25) is 11.9 Å². The van der Waals surface area contributed by atoms with E-state index in [9.17, 15) is 14.0 Å². The molecule has 2 aliphatic heterocycles. The molecule has 11 nitrogen and oxygen atoms in total. The average Bonchev–Trinajstić information content (AvgIpc) is 3.09. The normalized spacial score (nSPS) is 18.9. The zero-order chi connectivity index (χ0) is 33.3. The summed E-state index contributed by atoms with van der Waals surface area (Å²) >= 11 is 0. The van der Waals surface area contributed by atoms with E-state index in [4.69, 9.17) is 14.2 Å². The molecule has 3 aromatic carbocycles. The van der Waals surface area contributed by atoms with Gasteiger partial charge >= 0.3 is 0 Å². The zero-order valence-electron chi connectivity index (χ0n) is 26.8. The van der Waals surface area contributed by atoms with Crippen molar-refractivity contribution in [3.8, 4) is 17.2 Å². The number of nitrogens with one attached hydrogen (secondary N) is 3. The number of amides is 2. The summed E-state index contributed by atoms with van der Waals surface area (Å²) in [6, 6.07) is 19.4. The number of hydrogen-bond acceptors (Lipinski definition) is 9. The number of anilines is 1. The maximum atomic E-state index is 14.7. The first-order valence-electron chi connectivity index (χ1n) is 16.0. The van der Waals surface area contributed by atoms with E-state index in [1.54, 1.807) is 30.6 Å². The van der Waals surface area contributed by atoms with Gasteiger partial charge in [-0.25, -0.2) is 14.4 Å². The highest BCUT2D eigenvalue weighted by Crippen LogP contribution is 2.29. The lowest BCUT2D eigenvalue weighted by Crippen LogP contribution is -2.57. The monoisotopic (exact) mass is 654 g/mol. The molecule has 0 radical (unpaired) electrons. The molecule has 0 saturated carbocycles. The third-order valence-electron chi connectivity index (χ3n) is 8.32. The minimum Gasteiger partial charge on any atom is -0.493 e. The summed E-state index contributed by atoms with van der Waals surface area (Å²) in [6.45, 7) is 2.25. The molecular formula is C36H39FN6O5. The number of benzene rings is 3. The number of carbonyl (C=O) groups is 2. The molecule has 1 saturated heterocycles. The van der Waals surface area contributed by atoms with E-state index in [1.165, 1.54) is 19.2 Å². The molecule has 6 rings (SSSR count). The fourth-order valence-corrected chi connectivity index (χ4v) is 5.88. The van der Waals surface area contributed by atoms with Crippen LogP contribution < -0.4 is 30.2 Å². The number of halogens is 1. The van der Waals surface area contributed by atoms with Gasteiger partial charge in [-0.15, -0.1) is 0 Å². The Hall–Kier alpha value is -5.23. The van der Waals surface area contributed by atoms with Gasteiger partial charge in [0.05, 0.1) is 13.2 Å². The number of rotatable bonds is 6. The van der Waals surface area contributed by atoms with Gasteiger partial charge in [-0.05, 0) is 53.8 Å². The predicted octanol–water partition coefficient (Wildman–Crippen LogP) is 4.02. The second-order valence-electron chi connectivity index (χ2n) is 12.0. The first kappa shape index (κ1) is 32.7. The smallest absolute Gasteiger partial charge is 0.258 e. The van der Waals surface area contributed by atoms with Crippen molar-refractivity contribution >= 4 is 17.8 Å². The SMILES string of the molecule is COc1ccc2cc1OCC(=O)N[C@@H]1CN(Cc3cnc(NCc4ccccc4)nc3)CC[C@H]1Oc1cc(F)cc(c1)CNC(=O)CC2. The number of aromatic nitrogens is 2. The van der Waals surface area contributed by atoms with Crippen molar-refractivity contribution in [2.24, 2.45) is 0 Å². The highest BCUT2D eigenvalue weighted by molar-refractivity contribution is 5.78. The number of likely N-dealkylation sites (tertiary alicyclic amines) is 1. The van der Waals surface area contributed by atoms with E-state index in [1.807, 2.05) is 36.4 Å². The summed E-state index contributed by atoms with van der Waals surface area (Å²) in [7, 11) is 1.53. The van der Waals surface area contributed by atoms with E-state index in [-0.39, 0.29) is 31.4 Å². The Morgan fingerprint density at radius 2 is 1.81 bits per heavy atom. The summed E-state index contributed by atoms with van der Waals surface area (Å²) in [4.78, 5) is 37.1. The predicted molar refractivity (Wildman–Crippen MR) is 177 cm³/mol. The van der Waals surface area contributed by atoms with Gasteiger partial charge in [0.15, 0.2) is 18.1 Å². The maximum Gasteiger partial charge on any atom is 0.258 e. The van der Waals surface area contributed by atoms with Gasteiger partial charge in [0.25, 0.3) is 5.91 Å². The Bertz CT molecular complexity index is 1710. The number of aryl methyl sites for hydroxylation is 1. The molecule has 2 aliphatic rings. The Morgan fingerprint density at radius 3 is 2.62 bits per heavy atom. The Morgan fingerprint density at radius 1 is 0.979 bits per heavy atom. The summed E-state index contributed by atoms with van der Waals surface area (Å²) in [5, 5.41) is 9.20. The number of piperidine rings is 1. The molecule has 3 heterocycles. The van der Waals surface area contributed by atoms with Crippen LogP contribution in [0, 0.1) is 5.82 Å². The largest absolute Gasteiger partial charge is 0.493 e. The maximum absolute atomic E-state index is 14.7. The van der Waals surface area contributed by atoms with Crippen molar-refractivity contribution in [1.29, 1.82) is 0 Å². The second-order valence-corrected chi connectivity index (χ2v) is 12.0. The molecular weight excluding hydrogens is 615 g/mol. The molecule has 2 amide bonds. The molecule has 4 aromatic rings. The first-order chi connectivity index (χ1) is 23.4. The fraction of sp³-hybridized carbons (Fsp3) is 0.333. The third-order valence-corrected chi connectivity index (χ3v) is 8.32. The van der Waals surface area contributed by atoms with Crippen molar-refractivity contribution in [3.63, 3.8) is 0 Å². The fourth-order valence-electron chi connectivity index (χ4n) is 5.88. The lowest BCUT2D eigenvalue weighted by atomic mass is 10.0. The Balaban J connectivity index is 1.17. The summed E-state index contributed by atoms with van der Waals surface area (Å²) in [5.41, 5.74) is 3.50. The first-order valence-corrected chi connectivity index (χ1v) is 16.0. The molecule has 0 spiro atoms. The molecule has 3 N–H and O–H groups in total. The second kappa shape index (κ2) is 15.6. The van der Waals surface area contributed by atoms with Gasteiger partial charge in [-0.2, -0.15) is 0 Å². The standard InChI is InChI=1S/C36H39FN6O5/c1-46-32-9-7-24-8-10-34(44)38-18-26-13-28(37)16-29(14-26)48-31-11-12-43(22-30(31)42-35(45)23-47-33(32)15-24)21-27-19-40-36(41-20-27)39-17-25-5-3-2-4-6-25/h2-7,9,13-16,19-20,30-31H,8,10-12,17-18,21-23H2,1H3,(H,38,44)(H,42,45)(H,39,40,41)/t30-,31-/m1/s1. The van der Waals surface area contributed by atoms with Gasteiger partial charge in [-0.1, -0.05) is 36.4 Å².